The highest BCUT2D eigenvalue weighted by atomic mass is 35.5. The van der Waals surface area contributed by atoms with Crippen LogP contribution in [0.3, 0.4) is 0 Å². The van der Waals surface area contributed by atoms with Gasteiger partial charge in [0, 0.05) is 17.8 Å². The fraction of sp³-hybridized carbons (Fsp3) is 0.0476. The molecule has 0 aliphatic carbocycles. The van der Waals surface area contributed by atoms with Gasteiger partial charge < -0.3 is 14.8 Å². The maximum atomic E-state index is 12.4. The van der Waals surface area contributed by atoms with Crippen LogP contribution in [0, 0.1) is 10.1 Å². The van der Waals surface area contributed by atoms with Crippen LogP contribution in [0.15, 0.2) is 59.6 Å². The van der Waals surface area contributed by atoms with Crippen LogP contribution in [0.4, 0.5) is 16.2 Å². The van der Waals surface area contributed by atoms with Crippen LogP contribution in [0.2, 0.25) is 20.1 Å². The molecule has 33 heavy (non-hydrogen) atoms. The minimum Gasteiger partial charge on any atom is -0.480 e. The molecule has 8 nitrogen and oxygen atoms in total. The molecule has 2 amide bonds. The quantitative estimate of drug-likeness (QED) is 0.159. The largest absolute Gasteiger partial charge is 0.480 e. The van der Waals surface area contributed by atoms with Crippen molar-refractivity contribution < 1.29 is 19.2 Å². The predicted octanol–water partition coefficient (Wildman–Crippen LogP) is 7.63. The average Bonchev–Trinajstić information content (AvgIpc) is 2.75. The van der Waals surface area contributed by atoms with Gasteiger partial charge in [0.15, 0.2) is 5.75 Å². The Kier molecular flexibility index (Phi) is 7.99. The average molecular weight is 529 g/mol. The van der Waals surface area contributed by atoms with Gasteiger partial charge in [-0.1, -0.05) is 58.5 Å². The van der Waals surface area contributed by atoms with Crippen LogP contribution in [0.5, 0.6) is 11.5 Å². The first-order chi connectivity index (χ1) is 15.7. The normalized spacial score (nSPS) is 11.1. The van der Waals surface area contributed by atoms with E-state index < -0.39 is 11.0 Å². The Bertz CT molecular complexity index is 1240. The number of halogens is 4. The summed E-state index contributed by atoms with van der Waals surface area (Å²) in [6.07, 6.45) is 0. The molecule has 0 fully saturated rings. The van der Waals surface area contributed by atoms with Gasteiger partial charge in [-0.05, 0) is 30.3 Å². The van der Waals surface area contributed by atoms with E-state index in [1.807, 2.05) is 0 Å². The zero-order valence-electron chi connectivity index (χ0n) is 16.6. The second-order valence-corrected chi connectivity index (χ2v) is 7.90. The summed E-state index contributed by atoms with van der Waals surface area (Å²) < 4.78 is 10.8. The molecule has 0 saturated carbocycles. The zero-order chi connectivity index (χ0) is 24.1. The van der Waals surface area contributed by atoms with Crippen molar-refractivity contribution in [2.75, 3.05) is 12.4 Å². The molecule has 0 aliphatic rings. The van der Waals surface area contributed by atoms with Crippen LogP contribution < -0.4 is 10.1 Å². The maximum absolute atomic E-state index is 12.4. The number of carbonyl (C=O) groups excluding carboxylic acids is 1. The molecule has 0 saturated heterocycles. The number of carbonyl (C=O) groups is 1. The first kappa shape index (κ1) is 24.6. The smallest absolute Gasteiger partial charge is 0.348 e. The van der Waals surface area contributed by atoms with Crippen LogP contribution in [0.25, 0.3) is 0 Å². The Labute approximate surface area is 207 Å². The van der Waals surface area contributed by atoms with Crippen LogP contribution >= 0.6 is 46.4 Å². The number of methoxy groups -OCH3 is 1. The number of amides is 2. The van der Waals surface area contributed by atoms with Gasteiger partial charge >= 0.3 is 6.03 Å². The highest BCUT2D eigenvalue weighted by molar-refractivity contribution is 6.38. The number of nitrogens with one attached hydrogen (secondary N) is 1. The van der Waals surface area contributed by atoms with Crippen molar-refractivity contribution in [3.8, 4) is 11.5 Å². The summed E-state index contributed by atoms with van der Waals surface area (Å²) in [5.41, 5.74) is 0.410. The van der Waals surface area contributed by atoms with Crippen LogP contribution in [-0.4, -0.2) is 24.0 Å². The molecular weight excluding hydrogens is 516 g/mol. The number of hydrogen-bond acceptors (Lipinski definition) is 5. The zero-order valence-corrected chi connectivity index (χ0v) is 19.7. The summed E-state index contributed by atoms with van der Waals surface area (Å²) in [4.78, 5) is 26.5. The first-order valence-electron chi connectivity index (χ1n) is 8.99. The number of hydrogen-bond donors (Lipinski definition) is 1. The summed E-state index contributed by atoms with van der Waals surface area (Å²) in [5.74, 6) is 0.268. The summed E-state index contributed by atoms with van der Waals surface area (Å²) in [6, 6.07) is 12.6. The van der Waals surface area contributed by atoms with E-state index >= 15 is 0 Å². The maximum Gasteiger partial charge on any atom is 0.348 e. The Morgan fingerprint density at radius 1 is 0.970 bits per heavy atom. The number of nitro groups is 1. The van der Waals surface area contributed by atoms with Gasteiger partial charge in [-0.15, -0.1) is 0 Å². The van der Waals surface area contributed by atoms with E-state index in [1.165, 1.54) is 37.4 Å². The molecule has 3 aromatic carbocycles. The molecule has 3 aromatic rings. The lowest BCUT2D eigenvalue weighted by Gasteiger charge is -2.12. The summed E-state index contributed by atoms with van der Waals surface area (Å²) in [7, 11) is 1.36. The van der Waals surface area contributed by atoms with Crippen LogP contribution in [-0.2, 0) is 4.74 Å². The van der Waals surface area contributed by atoms with E-state index in [0.717, 1.165) is 0 Å². The lowest BCUT2D eigenvalue weighted by atomic mass is 10.2. The molecule has 0 aliphatic heterocycles. The Balaban J connectivity index is 1.80. The fourth-order valence-corrected chi connectivity index (χ4v) is 3.66. The lowest BCUT2D eigenvalue weighted by Crippen LogP contribution is -2.13. The molecule has 1 N–H and O–H groups in total. The van der Waals surface area contributed by atoms with E-state index in [2.05, 4.69) is 10.3 Å². The molecule has 170 valence electrons. The molecule has 0 unspecified atom stereocenters. The van der Waals surface area contributed by atoms with Gasteiger partial charge in [-0.25, -0.2) is 4.79 Å². The number of nitrogens with zero attached hydrogens (tertiary/aromatic N) is 2. The minimum absolute atomic E-state index is 0.0188. The van der Waals surface area contributed by atoms with E-state index in [-0.39, 0.29) is 43.8 Å². The van der Waals surface area contributed by atoms with Crippen molar-refractivity contribution in [3.05, 3.63) is 90.4 Å². The third-order valence-corrected chi connectivity index (χ3v) is 5.28. The summed E-state index contributed by atoms with van der Waals surface area (Å²) in [5, 5.41) is 13.8. The van der Waals surface area contributed by atoms with Crippen molar-refractivity contribution >= 4 is 69.7 Å². The summed E-state index contributed by atoms with van der Waals surface area (Å²) >= 11 is 24.5. The van der Waals surface area contributed by atoms with Gasteiger partial charge in [0.25, 0.3) is 5.69 Å². The number of rotatable bonds is 5. The number of benzene rings is 3. The van der Waals surface area contributed by atoms with Crippen molar-refractivity contribution in [1.29, 1.82) is 0 Å². The molecule has 12 heteroatoms. The molecule has 0 heterocycles. The van der Waals surface area contributed by atoms with E-state index in [1.54, 1.807) is 24.3 Å². The Morgan fingerprint density at radius 3 is 2.21 bits per heavy atom. The van der Waals surface area contributed by atoms with Gasteiger partial charge in [0.1, 0.15) is 10.8 Å². The predicted molar refractivity (Wildman–Crippen MR) is 129 cm³/mol. The number of nitro benzene ring substituents is 1. The van der Waals surface area contributed by atoms with E-state index in [9.17, 15) is 14.9 Å². The fourth-order valence-electron chi connectivity index (χ4n) is 2.64. The number of anilines is 1. The third kappa shape index (κ3) is 6.06. The summed E-state index contributed by atoms with van der Waals surface area (Å²) in [6.45, 7) is 0. The van der Waals surface area contributed by atoms with Crippen molar-refractivity contribution in [2.24, 2.45) is 4.99 Å². The highest BCUT2D eigenvalue weighted by Crippen LogP contribution is 2.40. The van der Waals surface area contributed by atoms with Gasteiger partial charge in [0.2, 0.25) is 5.90 Å². The number of ether oxygens (including phenoxy) is 2. The molecule has 0 atom stereocenters. The molecule has 0 bridgehead atoms. The molecule has 0 radical (unpaired) electrons. The topological polar surface area (TPSA) is 103 Å². The van der Waals surface area contributed by atoms with Crippen LogP contribution in [0.1, 0.15) is 5.56 Å². The van der Waals surface area contributed by atoms with Crippen molar-refractivity contribution in [1.82, 2.24) is 0 Å². The lowest BCUT2D eigenvalue weighted by molar-refractivity contribution is -0.384. The molecular formula is C21H13Cl4N3O5. The first-order valence-corrected chi connectivity index (χ1v) is 10.5. The third-order valence-electron chi connectivity index (χ3n) is 4.09. The second-order valence-electron chi connectivity index (χ2n) is 6.27. The van der Waals surface area contributed by atoms with Gasteiger partial charge in [-0.2, -0.15) is 4.99 Å². The molecule has 0 spiro atoms. The van der Waals surface area contributed by atoms with Crippen molar-refractivity contribution in [2.45, 2.75) is 0 Å². The highest BCUT2D eigenvalue weighted by Gasteiger charge is 2.17. The standard InChI is InChI=1S/C21H13Cl4N3O5/c1-32-20(13-4-2-3-5-14(13)22)27-21(29)26-11-8-16(24)19(17(25)9-11)33-12-6-7-18(28(30)31)15(23)10-12/h2-10H,1H3,(H,26,29). The molecule has 3 rings (SSSR count). The van der Waals surface area contributed by atoms with E-state index in [4.69, 9.17) is 55.9 Å². The minimum atomic E-state index is -0.755. The second kappa shape index (κ2) is 10.7. The SMILES string of the molecule is COC(=NC(=O)Nc1cc(Cl)c(Oc2ccc([N+](=O)[O-])c(Cl)c2)c(Cl)c1)c1ccccc1Cl. The Hall–Kier alpha value is -3.04. The molecule has 0 aromatic heterocycles. The van der Waals surface area contributed by atoms with E-state index in [0.29, 0.717) is 10.6 Å². The monoisotopic (exact) mass is 527 g/mol. The van der Waals surface area contributed by atoms with Gasteiger partial charge in [0.05, 0.1) is 32.7 Å². The Morgan fingerprint density at radius 2 is 1.64 bits per heavy atom. The number of urea groups is 1. The van der Waals surface area contributed by atoms with Crippen molar-refractivity contribution in [3.63, 3.8) is 0 Å². The number of aliphatic imine (C=N–C) groups is 1. The van der Waals surface area contributed by atoms with Gasteiger partial charge in [-0.3, -0.25) is 10.1 Å².